The Hall–Kier alpha value is -3.23. The molecule has 0 unspecified atom stereocenters. The Balaban J connectivity index is 1.52. The highest BCUT2D eigenvalue weighted by Gasteiger charge is 2.15. The van der Waals surface area contributed by atoms with E-state index in [0.29, 0.717) is 27.3 Å². The van der Waals surface area contributed by atoms with Gasteiger partial charge in [0.2, 0.25) is 0 Å². The molecular weight excluding hydrogens is 407 g/mol. The molecule has 0 fully saturated rings. The van der Waals surface area contributed by atoms with E-state index in [9.17, 15) is 14.3 Å². The van der Waals surface area contributed by atoms with Crippen molar-refractivity contribution in [2.75, 3.05) is 13.7 Å². The Morgan fingerprint density at radius 1 is 1.13 bits per heavy atom. The van der Waals surface area contributed by atoms with Crippen LogP contribution in [0.2, 0.25) is 0 Å². The van der Waals surface area contributed by atoms with Gasteiger partial charge in [0.25, 0.3) is 5.56 Å². The third kappa shape index (κ3) is 4.19. The highest BCUT2D eigenvalue weighted by atomic mass is 32.1. The lowest BCUT2D eigenvalue weighted by atomic mass is 10.1. The van der Waals surface area contributed by atoms with Gasteiger partial charge in [0.05, 0.1) is 25.4 Å². The van der Waals surface area contributed by atoms with E-state index in [2.05, 4.69) is 4.98 Å². The minimum atomic E-state index is -0.906. The molecule has 0 saturated heterocycles. The maximum Gasteiger partial charge on any atom is 0.262 e. The molecule has 2 heterocycles. The van der Waals surface area contributed by atoms with E-state index in [4.69, 9.17) is 9.47 Å². The molecule has 0 saturated carbocycles. The quantitative estimate of drug-likeness (QED) is 0.488. The van der Waals surface area contributed by atoms with E-state index < -0.39 is 6.10 Å². The summed E-state index contributed by atoms with van der Waals surface area (Å²) < 4.78 is 25.3. The second kappa shape index (κ2) is 8.64. The lowest BCUT2D eigenvalue weighted by molar-refractivity contribution is 0.0914. The summed E-state index contributed by atoms with van der Waals surface area (Å²) in [7, 11) is 1.58. The van der Waals surface area contributed by atoms with E-state index in [1.165, 1.54) is 34.4 Å². The normalized spacial score (nSPS) is 12.1. The minimum absolute atomic E-state index is 0.0191. The zero-order valence-electron chi connectivity index (χ0n) is 16.1. The van der Waals surface area contributed by atoms with Crippen LogP contribution in [0.5, 0.6) is 11.5 Å². The van der Waals surface area contributed by atoms with Crippen LogP contribution in [-0.4, -0.2) is 34.5 Å². The number of nitrogens with zero attached hydrogens (tertiary/aromatic N) is 2. The van der Waals surface area contributed by atoms with E-state index in [-0.39, 0.29) is 24.5 Å². The van der Waals surface area contributed by atoms with Crippen LogP contribution < -0.4 is 15.0 Å². The summed E-state index contributed by atoms with van der Waals surface area (Å²) in [4.78, 5) is 18.0. The van der Waals surface area contributed by atoms with Crippen molar-refractivity contribution in [2.24, 2.45) is 0 Å². The lowest BCUT2D eigenvalue weighted by Crippen LogP contribution is -2.30. The number of thiophene rings is 1. The van der Waals surface area contributed by atoms with Gasteiger partial charge in [0.15, 0.2) is 0 Å². The molecular formula is C22H19FN2O4S. The summed E-state index contributed by atoms with van der Waals surface area (Å²) in [5, 5.41) is 12.6. The Kier molecular flexibility index (Phi) is 5.78. The van der Waals surface area contributed by atoms with Gasteiger partial charge < -0.3 is 14.6 Å². The lowest BCUT2D eigenvalue weighted by Gasteiger charge is -2.14. The Morgan fingerprint density at radius 3 is 2.53 bits per heavy atom. The monoisotopic (exact) mass is 426 g/mol. The zero-order valence-corrected chi connectivity index (χ0v) is 16.9. The van der Waals surface area contributed by atoms with Crippen LogP contribution in [0.4, 0.5) is 4.39 Å². The van der Waals surface area contributed by atoms with Gasteiger partial charge in [-0.3, -0.25) is 9.36 Å². The standard InChI is InChI=1S/C22H19FN2O4S/c1-28-17-6-8-18(9-7-17)29-11-16(26)10-25-13-24-21-20(22(25)27)19(12-30-21)14-2-4-15(23)5-3-14/h2-9,12-13,16,26H,10-11H2,1H3/t16-/m0/s1. The minimum Gasteiger partial charge on any atom is -0.497 e. The molecule has 30 heavy (non-hydrogen) atoms. The fraction of sp³-hybridized carbons (Fsp3) is 0.182. The van der Waals surface area contributed by atoms with Gasteiger partial charge in [-0.2, -0.15) is 0 Å². The molecule has 2 aromatic carbocycles. The largest absolute Gasteiger partial charge is 0.497 e. The fourth-order valence-electron chi connectivity index (χ4n) is 3.08. The number of fused-ring (bicyclic) bond motifs is 1. The van der Waals surface area contributed by atoms with Crippen molar-refractivity contribution in [2.45, 2.75) is 12.6 Å². The third-order valence-corrected chi connectivity index (χ3v) is 5.51. The molecule has 6 nitrogen and oxygen atoms in total. The van der Waals surface area contributed by atoms with Crippen LogP contribution >= 0.6 is 11.3 Å². The topological polar surface area (TPSA) is 73.6 Å². The van der Waals surface area contributed by atoms with E-state index >= 15 is 0 Å². The van der Waals surface area contributed by atoms with Crippen molar-refractivity contribution >= 4 is 21.6 Å². The van der Waals surface area contributed by atoms with Crippen molar-refractivity contribution < 1.29 is 19.0 Å². The van der Waals surface area contributed by atoms with E-state index in [0.717, 1.165) is 5.56 Å². The zero-order chi connectivity index (χ0) is 21.1. The first-order valence-electron chi connectivity index (χ1n) is 9.22. The van der Waals surface area contributed by atoms with Gasteiger partial charge in [-0.15, -0.1) is 11.3 Å². The number of methoxy groups -OCH3 is 1. The molecule has 154 valence electrons. The van der Waals surface area contributed by atoms with Crippen molar-refractivity contribution in [1.29, 1.82) is 0 Å². The second-order valence-electron chi connectivity index (χ2n) is 6.68. The van der Waals surface area contributed by atoms with Crippen molar-refractivity contribution in [3.8, 4) is 22.6 Å². The number of ether oxygens (including phenoxy) is 2. The molecule has 0 aliphatic heterocycles. The molecule has 0 spiro atoms. The highest BCUT2D eigenvalue weighted by molar-refractivity contribution is 7.17. The van der Waals surface area contributed by atoms with Gasteiger partial charge in [0, 0.05) is 10.9 Å². The van der Waals surface area contributed by atoms with Gasteiger partial charge in [-0.25, -0.2) is 9.37 Å². The van der Waals surface area contributed by atoms with Gasteiger partial charge in [-0.05, 0) is 42.0 Å². The number of benzene rings is 2. The SMILES string of the molecule is COc1ccc(OC[C@@H](O)Cn2cnc3scc(-c4ccc(F)cc4)c3c2=O)cc1. The first-order chi connectivity index (χ1) is 14.5. The smallest absolute Gasteiger partial charge is 0.262 e. The van der Waals surface area contributed by atoms with Crippen molar-refractivity contribution in [1.82, 2.24) is 9.55 Å². The Morgan fingerprint density at radius 2 is 1.83 bits per heavy atom. The number of aliphatic hydroxyl groups is 1. The molecule has 4 rings (SSSR count). The van der Waals surface area contributed by atoms with Crippen molar-refractivity contribution in [3.63, 3.8) is 0 Å². The first kappa shape index (κ1) is 20.1. The van der Waals surface area contributed by atoms with Crippen LogP contribution in [0.15, 0.2) is 65.0 Å². The number of hydrogen-bond acceptors (Lipinski definition) is 6. The number of aliphatic hydroxyl groups excluding tert-OH is 1. The van der Waals surface area contributed by atoms with Crippen LogP contribution in [0, 0.1) is 5.82 Å². The Bertz CT molecular complexity index is 1200. The van der Waals surface area contributed by atoms with Crippen LogP contribution in [0.25, 0.3) is 21.3 Å². The number of rotatable bonds is 7. The molecule has 0 bridgehead atoms. The highest BCUT2D eigenvalue weighted by Crippen LogP contribution is 2.30. The second-order valence-corrected chi connectivity index (χ2v) is 7.54. The summed E-state index contributed by atoms with van der Waals surface area (Å²) in [6.07, 6.45) is 0.517. The molecule has 0 radical (unpaired) electrons. The van der Waals surface area contributed by atoms with Crippen LogP contribution in [0.3, 0.4) is 0 Å². The summed E-state index contributed by atoms with van der Waals surface area (Å²) in [6.45, 7) is 0.0574. The number of halogens is 1. The summed E-state index contributed by atoms with van der Waals surface area (Å²) in [5.74, 6) is 0.961. The molecule has 1 N–H and O–H groups in total. The van der Waals surface area contributed by atoms with Gasteiger partial charge in [-0.1, -0.05) is 12.1 Å². The number of hydrogen-bond donors (Lipinski definition) is 1. The maximum atomic E-state index is 13.2. The molecule has 0 aliphatic rings. The fourth-order valence-corrected chi connectivity index (χ4v) is 3.99. The summed E-state index contributed by atoms with van der Waals surface area (Å²) in [5.41, 5.74) is 1.18. The average molecular weight is 426 g/mol. The molecule has 4 aromatic rings. The van der Waals surface area contributed by atoms with Gasteiger partial charge >= 0.3 is 0 Å². The average Bonchev–Trinajstić information content (AvgIpc) is 3.20. The number of aromatic nitrogens is 2. The predicted molar refractivity (Wildman–Crippen MR) is 114 cm³/mol. The van der Waals surface area contributed by atoms with Crippen LogP contribution in [0.1, 0.15) is 0 Å². The Labute approximate surface area is 175 Å². The first-order valence-corrected chi connectivity index (χ1v) is 10.1. The van der Waals surface area contributed by atoms with Crippen molar-refractivity contribution in [3.05, 3.63) is 76.4 Å². The predicted octanol–water partition coefficient (Wildman–Crippen LogP) is 3.71. The molecule has 0 aliphatic carbocycles. The van der Waals surface area contributed by atoms with Gasteiger partial charge in [0.1, 0.15) is 34.9 Å². The summed E-state index contributed by atoms with van der Waals surface area (Å²) in [6, 6.07) is 13.0. The summed E-state index contributed by atoms with van der Waals surface area (Å²) >= 11 is 1.35. The molecule has 0 amide bonds. The molecule has 2 aromatic heterocycles. The molecule has 8 heteroatoms. The maximum absolute atomic E-state index is 13.2. The van der Waals surface area contributed by atoms with E-state index in [1.54, 1.807) is 43.5 Å². The third-order valence-electron chi connectivity index (χ3n) is 4.63. The van der Waals surface area contributed by atoms with E-state index in [1.807, 2.05) is 5.38 Å². The van der Waals surface area contributed by atoms with Crippen LogP contribution in [-0.2, 0) is 6.54 Å². The molecule has 1 atom stereocenters.